The van der Waals surface area contributed by atoms with E-state index in [9.17, 15) is 0 Å². The molecule has 0 amide bonds. The van der Waals surface area contributed by atoms with Crippen molar-refractivity contribution in [3.8, 4) is 0 Å². The molecule has 0 N–H and O–H groups in total. The average Bonchev–Trinajstić information content (AvgIpc) is 2.32. The second-order valence-corrected chi connectivity index (χ2v) is 7.83. The van der Waals surface area contributed by atoms with Crippen LogP contribution < -0.4 is 0 Å². The average molecular weight is 269 g/mol. The van der Waals surface area contributed by atoms with E-state index in [4.69, 9.17) is 0 Å². The monoisotopic (exact) mass is 268 g/mol. The summed E-state index contributed by atoms with van der Waals surface area (Å²) < 4.78 is 0. The maximum absolute atomic E-state index is 2.58. The van der Waals surface area contributed by atoms with Crippen LogP contribution >= 0.6 is 0 Å². The summed E-state index contributed by atoms with van der Waals surface area (Å²) in [5.41, 5.74) is 0.482. The van der Waals surface area contributed by atoms with Crippen molar-refractivity contribution in [3.05, 3.63) is 0 Å². The van der Waals surface area contributed by atoms with E-state index in [1.165, 1.54) is 25.7 Å². The zero-order chi connectivity index (χ0) is 15.2. The largest absolute Gasteiger partial charge is 0.0654 e. The van der Waals surface area contributed by atoms with Crippen LogP contribution in [-0.4, -0.2) is 0 Å². The lowest BCUT2D eigenvalue weighted by Crippen LogP contribution is -2.42. The van der Waals surface area contributed by atoms with Crippen molar-refractivity contribution in [2.75, 3.05) is 0 Å². The quantitative estimate of drug-likeness (QED) is 0.431. The first kappa shape index (κ1) is 19.0. The topological polar surface area (TPSA) is 0 Å². The number of rotatable bonds is 9. The van der Waals surface area contributed by atoms with Crippen LogP contribution in [0.15, 0.2) is 0 Å². The third kappa shape index (κ3) is 4.80. The van der Waals surface area contributed by atoms with E-state index in [0.717, 1.165) is 29.6 Å². The van der Waals surface area contributed by atoms with E-state index < -0.39 is 0 Å². The van der Waals surface area contributed by atoms with Gasteiger partial charge in [-0.1, -0.05) is 75.2 Å². The zero-order valence-corrected chi connectivity index (χ0v) is 15.2. The summed E-state index contributed by atoms with van der Waals surface area (Å²) in [7, 11) is 0. The van der Waals surface area contributed by atoms with Crippen molar-refractivity contribution < 1.29 is 0 Å². The van der Waals surface area contributed by atoms with Gasteiger partial charge in [0.25, 0.3) is 0 Å². The molecular weight excluding hydrogens is 228 g/mol. The predicted molar refractivity (Wildman–Crippen MR) is 89.4 cm³/mol. The Morgan fingerprint density at radius 2 is 1.42 bits per heavy atom. The zero-order valence-electron chi connectivity index (χ0n) is 15.2. The van der Waals surface area contributed by atoms with Gasteiger partial charge in [0.1, 0.15) is 0 Å². The molecular formula is C19H40. The first-order chi connectivity index (χ1) is 8.71. The van der Waals surface area contributed by atoms with Crippen LogP contribution in [-0.2, 0) is 0 Å². The molecule has 0 saturated heterocycles. The number of hydrogen-bond donors (Lipinski definition) is 0. The Balaban J connectivity index is 5.30. The Hall–Kier alpha value is 0. The molecule has 0 aliphatic rings. The van der Waals surface area contributed by atoms with Crippen LogP contribution in [0.1, 0.15) is 88.0 Å². The molecule has 0 heterocycles. The minimum absolute atomic E-state index is 0.482. The van der Waals surface area contributed by atoms with E-state index in [0.29, 0.717) is 5.41 Å². The maximum Gasteiger partial charge on any atom is -0.0246 e. The predicted octanol–water partition coefficient (Wildman–Crippen LogP) is 6.79. The van der Waals surface area contributed by atoms with Crippen molar-refractivity contribution >= 4 is 0 Å². The van der Waals surface area contributed by atoms with Crippen LogP contribution in [0.4, 0.5) is 0 Å². The third-order valence-electron chi connectivity index (χ3n) is 5.86. The molecule has 4 atom stereocenters. The molecule has 0 spiro atoms. The van der Waals surface area contributed by atoms with Crippen LogP contribution in [0, 0.1) is 35.0 Å². The molecule has 0 aromatic carbocycles. The Kier molecular flexibility index (Phi) is 8.32. The molecule has 0 rings (SSSR count). The number of hydrogen-bond acceptors (Lipinski definition) is 0. The second-order valence-electron chi connectivity index (χ2n) is 7.83. The van der Waals surface area contributed by atoms with Crippen LogP contribution in [0.3, 0.4) is 0 Å². The fraction of sp³-hybridized carbons (Fsp3) is 1.00. The Morgan fingerprint density at radius 1 is 0.895 bits per heavy atom. The van der Waals surface area contributed by atoms with Gasteiger partial charge in [0.15, 0.2) is 0 Å². The SMILES string of the molecule is CCCC(C(C)CC)C(C)(C(C)C)C(C)CC(C)C. The van der Waals surface area contributed by atoms with Gasteiger partial charge >= 0.3 is 0 Å². The highest BCUT2D eigenvalue weighted by Gasteiger charge is 2.42. The summed E-state index contributed by atoms with van der Waals surface area (Å²) in [4.78, 5) is 0. The third-order valence-corrected chi connectivity index (χ3v) is 5.86. The van der Waals surface area contributed by atoms with Gasteiger partial charge in [-0.3, -0.25) is 0 Å². The van der Waals surface area contributed by atoms with Crippen molar-refractivity contribution in [1.29, 1.82) is 0 Å². The molecule has 0 bridgehead atoms. The molecule has 0 aliphatic carbocycles. The molecule has 4 unspecified atom stereocenters. The minimum Gasteiger partial charge on any atom is -0.0654 e. The van der Waals surface area contributed by atoms with E-state index in [2.05, 4.69) is 62.3 Å². The standard InChI is InChI=1S/C19H40/c1-10-12-18(16(7)11-2)19(9,15(5)6)17(8)13-14(3)4/h14-18H,10-13H2,1-9H3. The van der Waals surface area contributed by atoms with E-state index in [1.807, 2.05) is 0 Å². The molecule has 0 aromatic heterocycles. The molecule has 0 fully saturated rings. The van der Waals surface area contributed by atoms with Gasteiger partial charge in [-0.15, -0.1) is 0 Å². The van der Waals surface area contributed by atoms with E-state index >= 15 is 0 Å². The molecule has 0 saturated carbocycles. The summed E-state index contributed by atoms with van der Waals surface area (Å²) in [5.74, 6) is 4.12. The van der Waals surface area contributed by atoms with Gasteiger partial charge in [0.2, 0.25) is 0 Å². The van der Waals surface area contributed by atoms with Crippen molar-refractivity contribution in [1.82, 2.24) is 0 Å². The lowest BCUT2D eigenvalue weighted by atomic mass is 9.56. The second kappa shape index (κ2) is 8.32. The maximum atomic E-state index is 2.58. The van der Waals surface area contributed by atoms with Crippen LogP contribution in [0.5, 0.6) is 0 Å². The Labute approximate surface area is 123 Å². The lowest BCUT2D eigenvalue weighted by molar-refractivity contribution is -0.00247. The van der Waals surface area contributed by atoms with Crippen LogP contribution in [0.25, 0.3) is 0 Å². The Bertz CT molecular complexity index is 228. The van der Waals surface area contributed by atoms with Gasteiger partial charge in [0, 0.05) is 0 Å². The van der Waals surface area contributed by atoms with Crippen molar-refractivity contribution in [3.63, 3.8) is 0 Å². The first-order valence-corrected chi connectivity index (χ1v) is 8.71. The summed E-state index contributed by atoms with van der Waals surface area (Å²) in [6.07, 6.45) is 5.41. The molecule has 0 aromatic rings. The lowest BCUT2D eigenvalue weighted by Gasteiger charge is -2.49. The van der Waals surface area contributed by atoms with Gasteiger partial charge < -0.3 is 0 Å². The normalized spacial score (nSPS) is 20.4. The highest BCUT2D eigenvalue weighted by Crippen LogP contribution is 2.50. The molecule has 0 nitrogen and oxygen atoms in total. The fourth-order valence-corrected chi connectivity index (χ4v) is 4.13. The van der Waals surface area contributed by atoms with Gasteiger partial charge in [-0.2, -0.15) is 0 Å². The fourth-order valence-electron chi connectivity index (χ4n) is 4.13. The van der Waals surface area contributed by atoms with E-state index in [1.54, 1.807) is 0 Å². The smallest absolute Gasteiger partial charge is 0.0246 e. The first-order valence-electron chi connectivity index (χ1n) is 8.71. The van der Waals surface area contributed by atoms with Gasteiger partial charge in [-0.25, -0.2) is 0 Å². The van der Waals surface area contributed by atoms with Crippen LogP contribution in [0.2, 0.25) is 0 Å². The van der Waals surface area contributed by atoms with Gasteiger partial charge in [-0.05, 0) is 47.8 Å². The molecule has 0 aliphatic heterocycles. The van der Waals surface area contributed by atoms with Gasteiger partial charge in [0.05, 0.1) is 0 Å². The summed E-state index contributed by atoms with van der Waals surface area (Å²) in [6.45, 7) is 21.9. The van der Waals surface area contributed by atoms with E-state index in [-0.39, 0.29) is 0 Å². The summed E-state index contributed by atoms with van der Waals surface area (Å²) >= 11 is 0. The van der Waals surface area contributed by atoms with Crippen molar-refractivity contribution in [2.45, 2.75) is 88.0 Å². The molecule has 19 heavy (non-hydrogen) atoms. The highest BCUT2D eigenvalue weighted by atomic mass is 14.5. The molecule has 0 radical (unpaired) electrons. The summed E-state index contributed by atoms with van der Waals surface area (Å²) in [6, 6.07) is 0. The summed E-state index contributed by atoms with van der Waals surface area (Å²) in [5, 5.41) is 0. The highest BCUT2D eigenvalue weighted by molar-refractivity contribution is 4.91. The Morgan fingerprint density at radius 3 is 1.74 bits per heavy atom. The molecule has 116 valence electrons. The van der Waals surface area contributed by atoms with Crippen molar-refractivity contribution in [2.24, 2.45) is 35.0 Å². The molecule has 0 heteroatoms. The minimum atomic E-state index is 0.482.